The predicted octanol–water partition coefficient (Wildman–Crippen LogP) is 6.59. The maximum absolute atomic E-state index is 9.53. The summed E-state index contributed by atoms with van der Waals surface area (Å²) < 4.78 is 0. The van der Waals surface area contributed by atoms with Crippen molar-refractivity contribution in [2.45, 2.75) is 25.6 Å². The topological polar surface area (TPSA) is 66.2 Å². The van der Waals surface area contributed by atoms with Crippen molar-refractivity contribution in [3.05, 3.63) is 145 Å². The Bertz CT molecular complexity index is 1070. The second kappa shape index (κ2) is 17.1. The Hall–Kier alpha value is -3.47. The van der Waals surface area contributed by atoms with Gasteiger partial charge >= 0.3 is 0 Å². The number of hydrogen-bond acceptors (Lipinski definition) is 4. The third kappa shape index (κ3) is 11.0. The average molecular weight is 667 g/mol. The van der Waals surface area contributed by atoms with Gasteiger partial charge in [0, 0.05) is 38.9 Å². The molecule has 0 aliphatic heterocycles. The van der Waals surface area contributed by atoms with E-state index < -0.39 is 12.2 Å². The van der Waals surface area contributed by atoms with Crippen LogP contribution in [0.1, 0.15) is 25.0 Å². The zero-order valence-corrected chi connectivity index (χ0v) is 23.0. The molecule has 5 heteroatoms. The molecule has 0 aliphatic rings. The maximum atomic E-state index is 9.53. The molecule has 5 aromatic rings. The molecule has 4 nitrogen and oxygen atoms in total. The molecule has 3 aromatic carbocycles. The Balaban J connectivity index is 0.000000193. The minimum Gasteiger partial charge on any atom is -0.393 e. The fourth-order valence-corrected chi connectivity index (χ4v) is 3.28. The van der Waals surface area contributed by atoms with Gasteiger partial charge in [-0.15, -0.1) is 71.8 Å². The summed E-state index contributed by atoms with van der Waals surface area (Å²) in [7, 11) is 0. The maximum Gasteiger partial charge on any atom is 0.0814 e. The van der Waals surface area contributed by atoms with E-state index in [2.05, 4.69) is 22.1 Å². The van der Waals surface area contributed by atoms with Crippen molar-refractivity contribution in [3.63, 3.8) is 0 Å². The van der Waals surface area contributed by atoms with Gasteiger partial charge < -0.3 is 20.2 Å². The van der Waals surface area contributed by atoms with Gasteiger partial charge in [-0.3, -0.25) is 0 Å². The van der Waals surface area contributed by atoms with E-state index in [0.29, 0.717) is 6.42 Å². The quantitative estimate of drug-likeness (QED) is 0.208. The van der Waals surface area contributed by atoms with E-state index >= 15 is 0 Å². The van der Waals surface area contributed by atoms with Crippen molar-refractivity contribution in [1.82, 2.24) is 9.97 Å². The van der Waals surface area contributed by atoms with Crippen LogP contribution in [0.2, 0.25) is 0 Å². The van der Waals surface area contributed by atoms with Crippen molar-refractivity contribution in [2.24, 2.45) is 0 Å². The molecule has 2 N–H and O–H groups in total. The second-order valence-corrected chi connectivity index (χ2v) is 7.99. The van der Waals surface area contributed by atoms with Crippen LogP contribution in [0.25, 0.3) is 22.5 Å². The molecule has 1 radical (unpaired) electrons. The molecule has 0 fully saturated rings. The predicted molar refractivity (Wildman–Crippen MR) is 145 cm³/mol. The molecule has 0 bridgehead atoms. The van der Waals surface area contributed by atoms with Crippen LogP contribution >= 0.6 is 0 Å². The Morgan fingerprint density at radius 3 is 1.46 bits per heavy atom. The Morgan fingerprint density at radius 1 is 0.622 bits per heavy atom. The number of hydrogen-bond donors (Lipinski definition) is 2. The number of aliphatic hydroxyl groups is 2. The van der Waals surface area contributed by atoms with Crippen molar-refractivity contribution in [3.8, 4) is 22.5 Å². The van der Waals surface area contributed by atoms with E-state index in [1.54, 1.807) is 19.3 Å². The van der Waals surface area contributed by atoms with Gasteiger partial charge in [0.25, 0.3) is 0 Å². The zero-order valence-electron chi connectivity index (χ0n) is 20.6. The first-order valence-electron chi connectivity index (χ1n) is 11.8. The second-order valence-electron chi connectivity index (χ2n) is 7.99. The molecule has 37 heavy (non-hydrogen) atoms. The minimum atomic E-state index is -0.550. The number of pyridine rings is 2. The summed E-state index contributed by atoms with van der Waals surface area (Å²) in [6, 6.07) is 43.0. The van der Waals surface area contributed by atoms with Crippen LogP contribution in [-0.2, 0) is 20.1 Å². The molecule has 2 unspecified atom stereocenters. The first-order valence-corrected chi connectivity index (χ1v) is 11.8. The van der Waals surface area contributed by atoms with Gasteiger partial charge in [-0.05, 0) is 36.0 Å². The summed E-state index contributed by atoms with van der Waals surface area (Å²) in [5.41, 5.74) is 4.88. The summed E-state index contributed by atoms with van der Waals surface area (Å²) in [6.45, 7) is 1.67. The van der Waals surface area contributed by atoms with Crippen LogP contribution < -0.4 is 0 Å². The monoisotopic (exact) mass is 667 g/mol. The van der Waals surface area contributed by atoms with Crippen molar-refractivity contribution in [1.29, 1.82) is 0 Å². The van der Waals surface area contributed by atoms with Crippen LogP contribution in [0, 0.1) is 12.1 Å². The average Bonchev–Trinajstić information content (AvgIpc) is 2.96. The molecule has 191 valence electrons. The third-order valence-electron chi connectivity index (χ3n) is 5.05. The normalized spacial score (nSPS) is 11.3. The SMILES string of the molecule is CC(O)CC(O)c1ccccc1.[Ir].[c-]1ccccc1-c1ccccn1.[c-]1ccccc1-c1ccccn1. The Kier molecular flexibility index (Phi) is 13.7. The van der Waals surface area contributed by atoms with E-state index in [4.69, 9.17) is 5.11 Å². The van der Waals surface area contributed by atoms with Gasteiger partial charge in [0.1, 0.15) is 0 Å². The van der Waals surface area contributed by atoms with E-state index in [1.165, 1.54) is 0 Å². The van der Waals surface area contributed by atoms with Crippen LogP contribution in [0.4, 0.5) is 0 Å². The largest absolute Gasteiger partial charge is 0.393 e. The molecule has 0 aliphatic carbocycles. The Labute approximate surface area is 233 Å². The molecular formula is C32H30IrN2O2-2. The fourth-order valence-electron chi connectivity index (χ4n) is 3.28. The van der Waals surface area contributed by atoms with Crippen molar-refractivity contribution in [2.75, 3.05) is 0 Å². The smallest absolute Gasteiger partial charge is 0.0814 e. The zero-order chi connectivity index (χ0) is 25.4. The molecule has 2 heterocycles. The minimum absolute atomic E-state index is 0. The number of nitrogens with zero attached hydrogens (tertiary/aromatic N) is 2. The molecule has 5 rings (SSSR count). The van der Waals surface area contributed by atoms with Crippen molar-refractivity contribution < 1.29 is 30.3 Å². The summed E-state index contributed by atoms with van der Waals surface area (Å²) in [5.74, 6) is 0. The van der Waals surface area contributed by atoms with Gasteiger partial charge in [-0.25, -0.2) is 0 Å². The van der Waals surface area contributed by atoms with E-state index in [-0.39, 0.29) is 20.1 Å². The summed E-state index contributed by atoms with van der Waals surface area (Å²) >= 11 is 0. The number of benzene rings is 3. The van der Waals surface area contributed by atoms with Crippen LogP contribution in [0.15, 0.2) is 128 Å². The van der Waals surface area contributed by atoms with Gasteiger partial charge in [0.05, 0.1) is 12.2 Å². The van der Waals surface area contributed by atoms with Gasteiger partial charge in [-0.2, -0.15) is 0 Å². The standard InChI is InChI=1S/2C11H8N.C10H14O2.Ir/c2*1-2-6-10(7-3-1)11-8-4-5-9-12-11;1-8(11)7-10(12)9-5-3-2-4-6-9;/h2*1-6,8-9H;2-6,8,10-12H,7H2,1H3;/q2*-1;;. The first kappa shape index (κ1) is 29.8. The molecule has 0 saturated carbocycles. The molecule has 0 saturated heterocycles. The van der Waals surface area contributed by atoms with Gasteiger partial charge in [0.15, 0.2) is 0 Å². The first-order chi connectivity index (χ1) is 17.6. The van der Waals surface area contributed by atoms with E-state index in [1.807, 2.05) is 115 Å². The van der Waals surface area contributed by atoms with Crippen LogP contribution in [0.3, 0.4) is 0 Å². The summed E-state index contributed by atoms with van der Waals surface area (Å²) in [5, 5.41) is 18.6. The summed E-state index contributed by atoms with van der Waals surface area (Å²) in [6.07, 6.45) is 2.96. The number of rotatable bonds is 5. The number of aliphatic hydroxyl groups excluding tert-OH is 2. The molecule has 0 amide bonds. The summed E-state index contributed by atoms with van der Waals surface area (Å²) in [4.78, 5) is 8.44. The molecule has 2 atom stereocenters. The Morgan fingerprint density at radius 2 is 1.08 bits per heavy atom. The van der Waals surface area contributed by atoms with Crippen LogP contribution in [0.5, 0.6) is 0 Å². The van der Waals surface area contributed by atoms with E-state index in [9.17, 15) is 5.11 Å². The van der Waals surface area contributed by atoms with Crippen molar-refractivity contribution >= 4 is 0 Å². The molecule has 2 aromatic heterocycles. The van der Waals surface area contributed by atoms with Gasteiger partial charge in [0.2, 0.25) is 0 Å². The molecule has 0 spiro atoms. The van der Waals surface area contributed by atoms with Crippen LogP contribution in [-0.4, -0.2) is 26.3 Å². The fraction of sp³-hybridized carbons (Fsp3) is 0.125. The third-order valence-corrected chi connectivity index (χ3v) is 5.05. The van der Waals surface area contributed by atoms with E-state index in [0.717, 1.165) is 28.1 Å². The molecular weight excluding hydrogens is 637 g/mol. The van der Waals surface area contributed by atoms with Gasteiger partial charge in [-0.1, -0.05) is 54.6 Å². The number of aromatic nitrogens is 2.